The summed E-state index contributed by atoms with van der Waals surface area (Å²) in [7, 11) is 4.55. The molecule has 10 heteroatoms. The molecule has 4 aromatic rings. The molecule has 0 bridgehead atoms. The van der Waals surface area contributed by atoms with Crippen molar-refractivity contribution in [2.75, 3.05) is 37.7 Å². The third-order valence-corrected chi connectivity index (χ3v) is 6.06. The number of nitrogens with one attached hydrogen (secondary N) is 2. The Kier molecular flexibility index (Phi) is 6.18. The van der Waals surface area contributed by atoms with Crippen LogP contribution in [0.1, 0.15) is 4.88 Å². The third-order valence-electron chi connectivity index (χ3n) is 5.05. The van der Waals surface area contributed by atoms with E-state index in [2.05, 4.69) is 20.6 Å². The average molecular weight is 466 g/mol. The number of thiophene rings is 1. The third kappa shape index (κ3) is 4.33. The van der Waals surface area contributed by atoms with Crippen LogP contribution < -0.4 is 30.6 Å². The molecule has 0 aliphatic carbocycles. The van der Waals surface area contributed by atoms with Crippen LogP contribution in [0.4, 0.5) is 22.0 Å². The molecule has 0 saturated heterocycles. The van der Waals surface area contributed by atoms with Gasteiger partial charge in [0.05, 0.1) is 32.4 Å². The Balaban J connectivity index is 1.53. The van der Waals surface area contributed by atoms with Crippen LogP contribution in [0.25, 0.3) is 21.3 Å². The van der Waals surface area contributed by atoms with E-state index in [0.29, 0.717) is 34.4 Å². The highest BCUT2D eigenvalue weighted by molar-refractivity contribution is 7.19. The van der Waals surface area contributed by atoms with Crippen molar-refractivity contribution in [1.82, 2.24) is 9.97 Å². The predicted octanol–water partition coefficient (Wildman–Crippen LogP) is 4.92. The van der Waals surface area contributed by atoms with E-state index in [4.69, 9.17) is 19.9 Å². The van der Waals surface area contributed by atoms with Gasteiger partial charge in [0.25, 0.3) is 0 Å². The lowest BCUT2D eigenvalue weighted by Gasteiger charge is -2.15. The number of fused-ring (bicyclic) bond motifs is 1. The standard InChI is InChI=1S/C23H23N5O4S/c1-12-18(19-21(24)25-11-26-22(19)33-12)13-5-7-14(8-6-13)27-23(29)28-15-9-16(30-2)20(32-4)17(10-15)31-3/h5-11H,1-4H3,(H2,24,25,26)(H2,27,28,29). The summed E-state index contributed by atoms with van der Waals surface area (Å²) in [6, 6.07) is 10.4. The number of anilines is 3. The lowest BCUT2D eigenvalue weighted by Crippen LogP contribution is -2.19. The van der Waals surface area contributed by atoms with Crippen LogP contribution in [0.5, 0.6) is 17.2 Å². The fourth-order valence-electron chi connectivity index (χ4n) is 3.58. The zero-order valence-electron chi connectivity index (χ0n) is 18.6. The molecule has 0 atom stereocenters. The molecule has 2 amide bonds. The summed E-state index contributed by atoms with van der Waals surface area (Å²) in [6.45, 7) is 2.03. The van der Waals surface area contributed by atoms with Crippen molar-refractivity contribution in [3.05, 3.63) is 47.6 Å². The molecule has 0 spiro atoms. The molecule has 4 rings (SSSR count). The molecule has 0 saturated carbocycles. The minimum absolute atomic E-state index is 0.410. The molecule has 2 aromatic carbocycles. The van der Waals surface area contributed by atoms with Crippen LogP contribution >= 0.6 is 11.3 Å². The number of hydrogen-bond acceptors (Lipinski definition) is 8. The van der Waals surface area contributed by atoms with Gasteiger partial charge in [-0.25, -0.2) is 14.8 Å². The fraction of sp³-hybridized carbons (Fsp3) is 0.174. The molecular weight excluding hydrogens is 442 g/mol. The Bertz CT molecular complexity index is 1300. The van der Waals surface area contributed by atoms with Crippen molar-refractivity contribution in [1.29, 1.82) is 0 Å². The molecule has 170 valence electrons. The molecule has 9 nitrogen and oxygen atoms in total. The van der Waals surface area contributed by atoms with Crippen molar-refractivity contribution in [2.45, 2.75) is 6.92 Å². The molecule has 0 fully saturated rings. The molecular formula is C23H23N5O4S. The quantitative estimate of drug-likeness (QED) is 0.370. The van der Waals surface area contributed by atoms with Crippen molar-refractivity contribution in [3.63, 3.8) is 0 Å². The summed E-state index contributed by atoms with van der Waals surface area (Å²) >= 11 is 1.57. The van der Waals surface area contributed by atoms with Crippen molar-refractivity contribution < 1.29 is 19.0 Å². The van der Waals surface area contributed by atoms with Crippen LogP contribution in [-0.2, 0) is 0 Å². The molecule has 0 aliphatic heterocycles. The number of carbonyl (C=O) groups is 1. The van der Waals surface area contributed by atoms with Gasteiger partial charge in [0.15, 0.2) is 11.5 Å². The van der Waals surface area contributed by atoms with Gasteiger partial charge in [-0.3, -0.25) is 0 Å². The van der Waals surface area contributed by atoms with Gasteiger partial charge < -0.3 is 30.6 Å². The number of amides is 2. The highest BCUT2D eigenvalue weighted by Gasteiger charge is 2.16. The zero-order valence-corrected chi connectivity index (χ0v) is 19.4. The van der Waals surface area contributed by atoms with Gasteiger partial charge in [-0.05, 0) is 24.6 Å². The second-order valence-corrected chi connectivity index (χ2v) is 8.25. The maximum absolute atomic E-state index is 12.6. The average Bonchev–Trinajstić information content (AvgIpc) is 3.15. The molecule has 0 radical (unpaired) electrons. The van der Waals surface area contributed by atoms with Gasteiger partial charge in [-0.15, -0.1) is 11.3 Å². The molecule has 2 heterocycles. The second-order valence-electron chi connectivity index (χ2n) is 7.04. The van der Waals surface area contributed by atoms with Gasteiger partial charge in [0.1, 0.15) is 17.0 Å². The Morgan fingerprint density at radius 3 is 2.18 bits per heavy atom. The largest absolute Gasteiger partial charge is 0.493 e. The lowest BCUT2D eigenvalue weighted by molar-refractivity contribution is 0.262. The first-order chi connectivity index (χ1) is 15.9. The number of benzene rings is 2. The molecule has 33 heavy (non-hydrogen) atoms. The van der Waals surface area contributed by atoms with Gasteiger partial charge in [0.2, 0.25) is 5.75 Å². The fourth-order valence-corrected chi connectivity index (χ4v) is 4.60. The zero-order chi connectivity index (χ0) is 23.5. The van der Waals surface area contributed by atoms with E-state index in [1.54, 1.807) is 23.5 Å². The highest BCUT2D eigenvalue weighted by Crippen LogP contribution is 2.41. The number of ether oxygens (including phenoxy) is 3. The number of urea groups is 1. The summed E-state index contributed by atoms with van der Waals surface area (Å²) in [5.41, 5.74) is 9.20. The smallest absolute Gasteiger partial charge is 0.323 e. The number of nitrogen functional groups attached to an aromatic ring is 1. The van der Waals surface area contributed by atoms with Crippen molar-refractivity contribution in [2.24, 2.45) is 0 Å². The summed E-state index contributed by atoms with van der Waals surface area (Å²) in [6.07, 6.45) is 1.47. The molecule has 4 N–H and O–H groups in total. The number of hydrogen-bond donors (Lipinski definition) is 3. The van der Waals surface area contributed by atoms with Crippen LogP contribution in [0, 0.1) is 6.92 Å². The first-order valence-corrected chi connectivity index (χ1v) is 10.7. The summed E-state index contributed by atoms with van der Waals surface area (Å²) in [5.74, 6) is 1.78. The Morgan fingerprint density at radius 1 is 0.939 bits per heavy atom. The van der Waals surface area contributed by atoms with Gasteiger partial charge >= 0.3 is 6.03 Å². The second kappa shape index (κ2) is 9.21. The number of methoxy groups -OCH3 is 3. The first-order valence-electron chi connectivity index (χ1n) is 9.93. The van der Waals surface area contributed by atoms with Crippen molar-refractivity contribution in [3.8, 4) is 28.4 Å². The SMILES string of the molecule is COc1cc(NC(=O)Nc2ccc(-c3c(C)sc4ncnc(N)c34)cc2)cc(OC)c1OC. The maximum Gasteiger partial charge on any atom is 0.323 e. The van der Waals surface area contributed by atoms with E-state index in [1.165, 1.54) is 27.7 Å². The van der Waals surface area contributed by atoms with Gasteiger partial charge in [0, 0.05) is 28.3 Å². The van der Waals surface area contributed by atoms with Gasteiger partial charge in [-0.2, -0.15) is 0 Å². The molecule has 0 aliphatic rings. The number of rotatable bonds is 6. The topological polar surface area (TPSA) is 121 Å². The first kappa shape index (κ1) is 22.2. The summed E-state index contributed by atoms with van der Waals surface area (Å²) < 4.78 is 16.0. The highest BCUT2D eigenvalue weighted by atomic mass is 32.1. The Labute approximate surface area is 194 Å². The van der Waals surface area contributed by atoms with E-state index in [9.17, 15) is 4.79 Å². The number of nitrogens with two attached hydrogens (primary N) is 1. The number of nitrogens with zero attached hydrogens (tertiary/aromatic N) is 2. The van der Waals surface area contributed by atoms with E-state index >= 15 is 0 Å². The Hall–Kier alpha value is -4.05. The lowest BCUT2D eigenvalue weighted by atomic mass is 10.0. The van der Waals surface area contributed by atoms with Crippen LogP contribution in [0.3, 0.4) is 0 Å². The number of aromatic nitrogens is 2. The Morgan fingerprint density at radius 2 is 1.58 bits per heavy atom. The normalized spacial score (nSPS) is 10.7. The minimum atomic E-state index is -0.410. The molecule has 2 aromatic heterocycles. The monoisotopic (exact) mass is 465 g/mol. The van der Waals surface area contributed by atoms with E-state index < -0.39 is 6.03 Å². The summed E-state index contributed by atoms with van der Waals surface area (Å²) in [5, 5.41) is 6.45. The van der Waals surface area contributed by atoms with E-state index in [1.807, 2.05) is 31.2 Å². The van der Waals surface area contributed by atoms with Crippen LogP contribution in [0.15, 0.2) is 42.7 Å². The number of carbonyl (C=O) groups excluding carboxylic acids is 1. The van der Waals surface area contributed by atoms with Crippen LogP contribution in [0.2, 0.25) is 0 Å². The van der Waals surface area contributed by atoms with Crippen LogP contribution in [-0.4, -0.2) is 37.3 Å². The molecule has 0 unspecified atom stereocenters. The maximum atomic E-state index is 12.6. The van der Waals surface area contributed by atoms with E-state index in [-0.39, 0.29) is 0 Å². The van der Waals surface area contributed by atoms with Crippen molar-refractivity contribution >= 4 is 44.8 Å². The summed E-state index contributed by atoms with van der Waals surface area (Å²) in [4.78, 5) is 22.9. The van der Waals surface area contributed by atoms with E-state index in [0.717, 1.165) is 26.2 Å². The predicted molar refractivity (Wildman–Crippen MR) is 131 cm³/mol. The number of aryl methyl sites for hydroxylation is 1. The minimum Gasteiger partial charge on any atom is -0.493 e. The van der Waals surface area contributed by atoms with Gasteiger partial charge in [-0.1, -0.05) is 12.1 Å².